The SMILES string of the molecule is Cc1ccc2c(c1C)C(C)(C)C(c1nc3c(ccc4ccccc43)o1)=[N+]2C. The van der Waals surface area contributed by atoms with Crippen LogP contribution in [0.4, 0.5) is 5.69 Å². The van der Waals surface area contributed by atoms with E-state index in [4.69, 9.17) is 9.40 Å². The lowest BCUT2D eigenvalue weighted by Crippen LogP contribution is -2.30. The molecule has 3 nitrogen and oxygen atoms in total. The van der Waals surface area contributed by atoms with Crippen LogP contribution >= 0.6 is 0 Å². The number of rotatable bonds is 1. The Morgan fingerprint density at radius 2 is 1.74 bits per heavy atom. The lowest BCUT2D eigenvalue weighted by molar-refractivity contribution is -0.402. The molecule has 1 aliphatic heterocycles. The highest BCUT2D eigenvalue weighted by Crippen LogP contribution is 2.44. The van der Waals surface area contributed by atoms with Crippen LogP contribution in [-0.4, -0.2) is 22.3 Å². The van der Waals surface area contributed by atoms with E-state index in [1.165, 1.54) is 27.8 Å². The highest BCUT2D eigenvalue weighted by atomic mass is 16.3. The monoisotopic (exact) mass is 355 g/mol. The topological polar surface area (TPSA) is 29.0 Å². The summed E-state index contributed by atoms with van der Waals surface area (Å²) in [6, 6.07) is 16.9. The minimum absolute atomic E-state index is 0.170. The van der Waals surface area contributed by atoms with E-state index in [1.54, 1.807) is 0 Å². The number of hydrogen-bond donors (Lipinski definition) is 0. The molecule has 3 heteroatoms. The highest BCUT2D eigenvalue weighted by Gasteiger charge is 2.48. The predicted molar refractivity (Wildman–Crippen MR) is 110 cm³/mol. The van der Waals surface area contributed by atoms with Crippen molar-refractivity contribution in [3.05, 3.63) is 71.1 Å². The van der Waals surface area contributed by atoms with E-state index in [0.29, 0.717) is 5.89 Å². The molecule has 5 rings (SSSR count). The molecule has 27 heavy (non-hydrogen) atoms. The van der Waals surface area contributed by atoms with Gasteiger partial charge in [0.2, 0.25) is 5.69 Å². The molecule has 3 aromatic carbocycles. The summed E-state index contributed by atoms with van der Waals surface area (Å²) in [5, 5.41) is 2.32. The standard InChI is InChI=1S/C24H23N2O/c1-14-10-12-18-20(15(14)2)24(3,4)22(26(18)5)23-25-21-17-9-7-6-8-16(17)11-13-19(21)27-23/h6-13H,1-5H3/q+1. The Kier molecular flexibility index (Phi) is 3.18. The molecule has 0 saturated carbocycles. The van der Waals surface area contributed by atoms with Crippen LogP contribution in [0, 0.1) is 13.8 Å². The third kappa shape index (κ3) is 2.08. The molecule has 0 unspecified atom stereocenters. The van der Waals surface area contributed by atoms with E-state index in [9.17, 15) is 0 Å². The van der Waals surface area contributed by atoms with Crippen molar-refractivity contribution in [3.8, 4) is 0 Å². The molecule has 0 aliphatic carbocycles. The lowest BCUT2D eigenvalue weighted by Gasteiger charge is -2.18. The zero-order valence-corrected chi connectivity index (χ0v) is 16.4. The van der Waals surface area contributed by atoms with Gasteiger partial charge in [0, 0.05) is 17.0 Å². The van der Waals surface area contributed by atoms with Crippen LogP contribution in [0.15, 0.2) is 52.9 Å². The first-order valence-electron chi connectivity index (χ1n) is 9.40. The number of benzene rings is 3. The first-order valence-corrected chi connectivity index (χ1v) is 9.40. The second-order valence-electron chi connectivity index (χ2n) is 8.09. The van der Waals surface area contributed by atoms with Gasteiger partial charge in [-0.2, -0.15) is 4.58 Å². The average molecular weight is 355 g/mol. The van der Waals surface area contributed by atoms with Crippen LogP contribution in [0.3, 0.4) is 0 Å². The molecule has 0 bridgehead atoms. The fourth-order valence-electron chi connectivity index (χ4n) is 4.70. The third-order valence-corrected chi connectivity index (χ3v) is 6.11. The predicted octanol–water partition coefficient (Wildman–Crippen LogP) is 5.65. The Bertz CT molecular complexity index is 1270. The molecule has 4 aromatic rings. The largest absolute Gasteiger partial charge is 0.432 e. The zero-order valence-electron chi connectivity index (χ0n) is 16.4. The van der Waals surface area contributed by atoms with Crippen molar-refractivity contribution in [2.24, 2.45) is 0 Å². The zero-order chi connectivity index (χ0) is 18.9. The van der Waals surface area contributed by atoms with Crippen molar-refractivity contribution in [1.29, 1.82) is 0 Å². The summed E-state index contributed by atoms with van der Waals surface area (Å²) in [6.07, 6.45) is 0. The van der Waals surface area contributed by atoms with Gasteiger partial charge >= 0.3 is 0 Å². The molecule has 0 fully saturated rings. The van der Waals surface area contributed by atoms with Crippen molar-refractivity contribution < 1.29 is 8.99 Å². The van der Waals surface area contributed by atoms with Gasteiger partial charge < -0.3 is 4.42 Å². The fourth-order valence-corrected chi connectivity index (χ4v) is 4.70. The minimum Gasteiger partial charge on any atom is -0.432 e. The Balaban J connectivity index is 1.79. The van der Waals surface area contributed by atoms with E-state index in [-0.39, 0.29) is 5.41 Å². The third-order valence-electron chi connectivity index (χ3n) is 6.11. The number of fused-ring (bicyclic) bond motifs is 4. The maximum absolute atomic E-state index is 6.28. The number of aryl methyl sites for hydroxylation is 1. The van der Waals surface area contributed by atoms with Crippen LogP contribution in [0.5, 0.6) is 0 Å². The van der Waals surface area contributed by atoms with Crippen molar-refractivity contribution in [3.63, 3.8) is 0 Å². The summed E-state index contributed by atoms with van der Waals surface area (Å²) >= 11 is 0. The summed E-state index contributed by atoms with van der Waals surface area (Å²) in [6.45, 7) is 8.93. The van der Waals surface area contributed by atoms with Crippen LogP contribution in [-0.2, 0) is 5.41 Å². The number of aromatic nitrogens is 1. The maximum atomic E-state index is 6.28. The van der Waals surface area contributed by atoms with Crippen molar-refractivity contribution >= 4 is 33.3 Å². The summed E-state index contributed by atoms with van der Waals surface area (Å²) in [5.41, 5.74) is 7.99. The van der Waals surface area contributed by atoms with Crippen molar-refractivity contribution in [2.75, 3.05) is 7.05 Å². The minimum atomic E-state index is -0.170. The molecule has 0 saturated heterocycles. The number of oxazole rings is 1. The van der Waals surface area contributed by atoms with Gasteiger partial charge in [0.05, 0.1) is 5.41 Å². The van der Waals surface area contributed by atoms with Crippen molar-refractivity contribution in [2.45, 2.75) is 33.1 Å². The normalized spacial score (nSPS) is 15.7. The first-order chi connectivity index (χ1) is 12.9. The summed E-state index contributed by atoms with van der Waals surface area (Å²) < 4.78 is 8.52. The molecule has 0 atom stereocenters. The van der Waals surface area contributed by atoms with Gasteiger partial charge in [-0.15, -0.1) is 0 Å². The number of nitrogens with zero attached hydrogens (tertiary/aromatic N) is 2. The first kappa shape index (κ1) is 16.2. The Morgan fingerprint density at radius 1 is 0.963 bits per heavy atom. The molecule has 0 spiro atoms. The molecular formula is C24H23N2O+. The fraction of sp³-hybridized carbons (Fsp3) is 0.250. The Hall–Kier alpha value is -2.94. The van der Waals surface area contributed by atoms with E-state index >= 15 is 0 Å². The van der Waals surface area contributed by atoms with Crippen LogP contribution < -0.4 is 0 Å². The van der Waals surface area contributed by atoms with Gasteiger partial charge in [0.15, 0.2) is 5.58 Å². The Morgan fingerprint density at radius 3 is 2.56 bits per heavy atom. The Labute approximate surface area is 159 Å². The average Bonchev–Trinajstić information content (AvgIpc) is 3.15. The molecule has 0 amide bonds. The molecule has 134 valence electrons. The highest BCUT2D eigenvalue weighted by molar-refractivity contribution is 6.09. The van der Waals surface area contributed by atoms with Gasteiger partial charge in [0.25, 0.3) is 11.6 Å². The molecule has 1 aromatic heterocycles. The van der Waals surface area contributed by atoms with E-state index < -0.39 is 0 Å². The van der Waals surface area contributed by atoms with Crippen LogP contribution in [0.25, 0.3) is 21.9 Å². The summed E-state index contributed by atoms with van der Waals surface area (Å²) in [4.78, 5) is 4.96. The van der Waals surface area contributed by atoms with Crippen LogP contribution in [0.1, 0.15) is 36.4 Å². The molecule has 0 radical (unpaired) electrons. The molecule has 0 N–H and O–H groups in total. The molecule has 2 heterocycles. The summed E-state index contributed by atoms with van der Waals surface area (Å²) in [7, 11) is 2.12. The van der Waals surface area contributed by atoms with E-state index in [2.05, 4.69) is 81.8 Å². The smallest absolute Gasteiger partial charge is 0.290 e. The quantitative estimate of drug-likeness (QED) is 0.413. The second kappa shape index (κ2) is 5.29. The van der Waals surface area contributed by atoms with Crippen molar-refractivity contribution in [1.82, 2.24) is 4.98 Å². The van der Waals surface area contributed by atoms with Gasteiger partial charge in [-0.1, -0.05) is 36.4 Å². The summed E-state index contributed by atoms with van der Waals surface area (Å²) in [5.74, 6) is 0.710. The van der Waals surface area contributed by atoms with E-state index in [1.807, 2.05) is 6.07 Å². The van der Waals surface area contributed by atoms with Crippen LogP contribution in [0.2, 0.25) is 0 Å². The van der Waals surface area contributed by atoms with Gasteiger partial charge in [0.1, 0.15) is 12.6 Å². The van der Waals surface area contributed by atoms with Gasteiger partial charge in [-0.25, -0.2) is 4.98 Å². The van der Waals surface area contributed by atoms with Gasteiger partial charge in [-0.05, 0) is 50.3 Å². The maximum Gasteiger partial charge on any atom is 0.290 e. The lowest BCUT2D eigenvalue weighted by atomic mass is 9.78. The van der Waals surface area contributed by atoms with Gasteiger partial charge in [-0.3, -0.25) is 0 Å². The molecule has 1 aliphatic rings. The molecular weight excluding hydrogens is 332 g/mol. The number of hydrogen-bond acceptors (Lipinski definition) is 2. The second-order valence-corrected chi connectivity index (χ2v) is 8.09. The van der Waals surface area contributed by atoms with E-state index in [0.717, 1.165) is 22.2 Å².